The van der Waals surface area contributed by atoms with Crippen molar-refractivity contribution in [2.24, 2.45) is 11.7 Å². The lowest BCUT2D eigenvalue weighted by Crippen LogP contribution is -2.37. The van der Waals surface area contributed by atoms with Gasteiger partial charge in [0.15, 0.2) is 0 Å². The third-order valence-corrected chi connectivity index (χ3v) is 3.60. The molecule has 0 aromatic heterocycles. The molecule has 0 atom stereocenters. The Morgan fingerprint density at radius 3 is 2.05 bits per heavy atom. The lowest BCUT2D eigenvalue weighted by atomic mass is 9.97. The molecule has 2 nitrogen and oxygen atoms in total. The number of nitrogens with zero attached hydrogens (tertiary/aromatic N) is 1. The van der Waals surface area contributed by atoms with Crippen LogP contribution in [0.4, 0.5) is 0 Å². The van der Waals surface area contributed by atoms with Gasteiger partial charge in [-0.05, 0) is 50.4 Å². The molecule has 1 heterocycles. The summed E-state index contributed by atoms with van der Waals surface area (Å²) < 4.78 is 0. The van der Waals surface area contributed by atoms with E-state index in [1.165, 1.54) is 44.5 Å². The van der Waals surface area contributed by atoms with Gasteiger partial charge >= 0.3 is 0 Å². The minimum absolute atomic E-state index is 0.771. The van der Waals surface area contributed by atoms with Gasteiger partial charge in [-0.1, -0.05) is 58.0 Å². The second-order valence-corrected chi connectivity index (χ2v) is 4.76. The summed E-state index contributed by atoms with van der Waals surface area (Å²) in [5.74, 6) is 0.771. The van der Waals surface area contributed by atoms with Crippen LogP contribution in [-0.2, 0) is 6.42 Å². The summed E-state index contributed by atoms with van der Waals surface area (Å²) in [5.41, 5.74) is 7.14. The highest BCUT2D eigenvalue weighted by Gasteiger charge is 2.17. The molecular weight excluding hydrogens is 244 g/mol. The normalized spacial score (nSPS) is 15.7. The first-order valence-corrected chi connectivity index (χ1v) is 8.35. The molecule has 0 amide bonds. The first-order chi connectivity index (χ1) is 9.88. The van der Waals surface area contributed by atoms with Crippen LogP contribution in [0, 0.1) is 5.92 Å². The lowest BCUT2D eigenvalue weighted by Gasteiger charge is -2.31. The van der Waals surface area contributed by atoms with Gasteiger partial charge in [0.1, 0.15) is 0 Å². The van der Waals surface area contributed by atoms with E-state index in [0.29, 0.717) is 0 Å². The van der Waals surface area contributed by atoms with Crippen molar-refractivity contribution in [1.29, 1.82) is 0 Å². The fraction of sp³-hybridized carbons (Fsp3) is 0.667. The molecule has 1 aromatic rings. The summed E-state index contributed by atoms with van der Waals surface area (Å²) in [6, 6.07) is 10.8. The van der Waals surface area contributed by atoms with E-state index in [0.717, 1.165) is 12.5 Å². The maximum atomic E-state index is 5.70. The van der Waals surface area contributed by atoms with Gasteiger partial charge in [0.05, 0.1) is 0 Å². The monoisotopic (exact) mass is 278 g/mol. The zero-order chi connectivity index (χ0) is 15.2. The van der Waals surface area contributed by atoms with Crippen LogP contribution in [0.1, 0.15) is 46.1 Å². The Morgan fingerprint density at radius 2 is 1.55 bits per heavy atom. The second kappa shape index (κ2) is 13.1. The summed E-state index contributed by atoms with van der Waals surface area (Å²) in [7, 11) is 0. The van der Waals surface area contributed by atoms with E-state index in [4.69, 9.17) is 5.73 Å². The molecular formula is C18H34N2. The zero-order valence-corrected chi connectivity index (χ0v) is 13.9. The number of rotatable bonds is 4. The van der Waals surface area contributed by atoms with Gasteiger partial charge in [0.2, 0.25) is 0 Å². The number of likely N-dealkylation sites (tertiary alicyclic amines) is 1. The van der Waals surface area contributed by atoms with E-state index in [2.05, 4.69) is 35.2 Å². The van der Waals surface area contributed by atoms with Crippen molar-refractivity contribution >= 4 is 0 Å². The standard InChI is InChI=1S/C14H22N2.2C2H6/c15-12-14-7-10-16(11-8-14)9-6-13-4-2-1-3-5-13;2*1-2/h1-5,14H,6-12,15H2;2*1-2H3. The maximum Gasteiger partial charge on any atom is 0.00218 e. The summed E-state index contributed by atoms with van der Waals surface area (Å²) >= 11 is 0. The molecule has 0 bridgehead atoms. The summed E-state index contributed by atoms with van der Waals surface area (Å²) in [4.78, 5) is 2.57. The predicted octanol–water partition coefficient (Wildman–Crippen LogP) is 3.95. The van der Waals surface area contributed by atoms with Gasteiger partial charge in [0, 0.05) is 6.54 Å². The van der Waals surface area contributed by atoms with Crippen molar-refractivity contribution in [3.8, 4) is 0 Å². The van der Waals surface area contributed by atoms with E-state index in [1.54, 1.807) is 0 Å². The zero-order valence-electron chi connectivity index (χ0n) is 13.9. The Balaban J connectivity index is 0.000000829. The van der Waals surface area contributed by atoms with Crippen LogP contribution in [0.3, 0.4) is 0 Å². The van der Waals surface area contributed by atoms with Crippen molar-refractivity contribution in [1.82, 2.24) is 4.90 Å². The number of nitrogens with two attached hydrogens (primary N) is 1. The molecule has 0 aliphatic carbocycles. The molecule has 1 aliphatic rings. The van der Waals surface area contributed by atoms with Crippen LogP contribution in [-0.4, -0.2) is 31.1 Å². The van der Waals surface area contributed by atoms with Gasteiger partial charge in [-0.2, -0.15) is 0 Å². The molecule has 20 heavy (non-hydrogen) atoms. The van der Waals surface area contributed by atoms with E-state index < -0.39 is 0 Å². The topological polar surface area (TPSA) is 29.3 Å². The Bertz CT molecular complexity index is 290. The average Bonchev–Trinajstić information content (AvgIpc) is 2.58. The Kier molecular flexibility index (Phi) is 12.6. The molecule has 2 heteroatoms. The molecule has 0 unspecified atom stereocenters. The molecule has 2 N–H and O–H groups in total. The smallest absolute Gasteiger partial charge is 0.00218 e. The second-order valence-electron chi connectivity index (χ2n) is 4.76. The van der Waals surface area contributed by atoms with Crippen LogP contribution in [0.15, 0.2) is 30.3 Å². The van der Waals surface area contributed by atoms with Crippen LogP contribution in [0.5, 0.6) is 0 Å². The minimum atomic E-state index is 0.771. The maximum absolute atomic E-state index is 5.70. The van der Waals surface area contributed by atoms with Crippen molar-refractivity contribution in [2.75, 3.05) is 26.2 Å². The van der Waals surface area contributed by atoms with Gasteiger partial charge in [-0.15, -0.1) is 0 Å². The number of benzene rings is 1. The Hall–Kier alpha value is -0.860. The highest BCUT2D eigenvalue weighted by Crippen LogP contribution is 2.15. The Labute approximate surface area is 126 Å². The van der Waals surface area contributed by atoms with E-state index in [1.807, 2.05) is 27.7 Å². The molecule has 116 valence electrons. The molecule has 1 fully saturated rings. The minimum Gasteiger partial charge on any atom is -0.330 e. The highest BCUT2D eigenvalue weighted by atomic mass is 15.1. The fourth-order valence-electron chi connectivity index (χ4n) is 2.38. The number of piperidine rings is 1. The first-order valence-electron chi connectivity index (χ1n) is 8.35. The van der Waals surface area contributed by atoms with Gasteiger partial charge in [-0.25, -0.2) is 0 Å². The average molecular weight is 278 g/mol. The van der Waals surface area contributed by atoms with Crippen molar-refractivity contribution in [3.05, 3.63) is 35.9 Å². The van der Waals surface area contributed by atoms with Gasteiger partial charge in [-0.3, -0.25) is 0 Å². The third kappa shape index (κ3) is 7.66. The molecule has 0 saturated carbocycles. The third-order valence-electron chi connectivity index (χ3n) is 3.60. The van der Waals surface area contributed by atoms with Crippen LogP contribution >= 0.6 is 0 Å². The highest BCUT2D eigenvalue weighted by molar-refractivity contribution is 5.14. The first kappa shape index (κ1) is 19.1. The van der Waals surface area contributed by atoms with Crippen LogP contribution in [0.2, 0.25) is 0 Å². The van der Waals surface area contributed by atoms with Crippen molar-refractivity contribution in [2.45, 2.75) is 47.0 Å². The molecule has 2 rings (SSSR count). The summed E-state index contributed by atoms with van der Waals surface area (Å²) in [6.07, 6.45) is 3.74. The Morgan fingerprint density at radius 1 is 1.00 bits per heavy atom. The lowest BCUT2D eigenvalue weighted by molar-refractivity contribution is 0.189. The predicted molar refractivity (Wildman–Crippen MR) is 91.1 cm³/mol. The van der Waals surface area contributed by atoms with Crippen molar-refractivity contribution in [3.63, 3.8) is 0 Å². The summed E-state index contributed by atoms with van der Waals surface area (Å²) in [5, 5.41) is 0. The van der Waals surface area contributed by atoms with E-state index in [-0.39, 0.29) is 0 Å². The molecule has 0 spiro atoms. The molecule has 1 aliphatic heterocycles. The van der Waals surface area contributed by atoms with E-state index >= 15 is 0 Å². The molecule has 0 radical (unpaired) electrons. The SMILES string of the molecule is CC.CC.NCC1CCN(CCc2ccccc2)CC1. The quantitative estimate of drug-likeness (QED) is 0.903. The van der Waals surface area contributed by atoms with Crippen molar-refractivity contribution < 1.29 is 0 Å². The van der Waals surface area contributed by atoms with Gasteiger partial charge < -0.3 is 10.6 Å². The summed E-state index contributed by atoms with van der Waals surface area (Å²) in [6.45, 7) is 12.5. The molecule has 1 aromatic carbocycles. The van der Waals surface area contributed by atoms with Crippen LogP contribution in [0.25, 0.3) is 0 Å². The number of hydrogen-bond acceptors (Lipinski definition) is 2. The number of hydrogen-bond donors (Lipinski definition) is 1. The van der Waals surface area contributed by atoms with Gasteiger partial charge in [0.25, 0.3) is 0 Å². The largest absolute Gasteiger partial charge is 0.330 e. The molecule has 1 saturated heterocycles. The van der Waals surface area contributed by atoms with Crippen LogP contribution < -0.4 is 5.73 Å². The van der Waals surface area contributed by atoms with E-state index in [9.17, 15) is 0 Å². The fourth-order valence-corrected chi connectivity index (χ4v) is 2.38.